The van der Waals surface area contributed by atoms with E-state index in [-0.39, 0.29) is 12.0 Å². The van der Waals surface area contributed by atoms with E-state index >= 15 is 0 Å². The van der Waals surface area contributed by atoms with Crippen molar-refractivity contribution in [2.45, 2.75) is 39.3 Å². The summed E-state index contributed by atoms with van der Waals surface area (Å²) in [5, 5.41) is 13.0. The predicted molar refractivity (Wildman–Crippen MR) is 146 cm³/mol. The largest absolute Gasteiger partial charge is 0.444 e. The van der Waals surface area contributed by atoms with E-state index in [9.17, 15) is 9.59 Å². The molecule has 4 aromatic rings. The van der Waals surface area contributed by atoms with Crippen LogP contribution in [0.3, 0.4) is 0 Å². The van der Waals surface area contributed by atoms with Gasteiger partial charge in [-0.1, -0.05) is 6.07 Å². The van der Waals surface area contributed by atoms with E-state index in [1.54, 1.807) is 32.1 Å². The summed E-state index contributed by atoms with van der Waals surface area (Å²) in [6.45, 7) is 8.97. The summed E-state index contributed by atoms with van der Waals surface area (Å²) < 4.78 is 9.58. The van der Waals surface area contributed by atoms with Crippen LogP contribution in [-0.2, 0) is 16.6 Å². The summed E-state index contributed by atoms with van der Waals surface area (Å²) >= 11 is 3.59. The number of hydrogen-bond acceptors (Lipinski definition) is 8. The minimum absolute atomic E-state index is 0.0939. The van der Waals surface area contributed by atoms with Crippen LogP contribution in [0.25, 0.3) is 27.9 Å². The van der Waals surface area contributed by atoms with Crippen molar-refractivity contribution in [3.8, 4) is 11.4 Å². The standard InChI is InChI=1S/C25H30BrN9O3/c1-15(22(36)33-9-11-34(12-10-33)24(37)38-25(2,3)4)28-23-29-19-17(7-6-8-18(19)26)21-30-20(31-35(21)23)16-13-27-32(5)14-16/h6-8,13-15H,9-12H2,1-5H3,(H,28,29). The molecule has 4 heterocycles. The summed E-state index contributed by atoms with van der Waals surface area (Å²) in [5.74, 6) is 0.812. The van der Waals surface area contributed by atoms with Crippen LogP contribution < -0.4 is 5.32 Å². The zero-order valence-corrected chi connectivity index (χ0v) is 23.6. The van der Waals surface area contributed by atoms with Gasteiger partial charge in [0.25, 0.3) is 0 Å². The molecule has 13 heteroatoms. The molecular weight excluding hydrogens is 554 g/mol. The summed E-state index contributed by atoms with van der Waals surface area (Å²) in [5.41, 5.74) is 1.53. The third kappa shape index (κ3) is 5.15. The van der Waals surface area contributed by atoms with Gasteiger partial charge in [-0.15, -0.1) is 5.10 Å². The fraction of sp³-hybridized carbons (Fsp3) is 0.440. The van der Waals surface area contributed by atoms with Crippen LogP contribution in [0.4, 0.5) is 10.7 Å². The molecule has 0 bridgehead atoms. The third-order valence-corrected chi connectivity index (χ3v) is 6.82. The summed E-state index contributed by atoms with van der Waals surface area (Å²) in [7, 11) is 1.83. The lowest BCUT2D eigenvalue weighted by molar-refractivity contribution is -0.133. The molecule has 0 saturated carbocycles. The van der Waals surface area contributed by atoms with Gasteiger partial charge in [0.2, 0.25) is 11.9 Å². The van der Waals surface area contributed by atoms with Crippen molar-refractivity contribution >= 4 is 50.4 Å². The SMILES string of the molecule is CC(Nc1nc2c(Br)cccc2c2nc(-c3cnn(C)c3)nn12)C(=O)N1CCN(C(=O)OC(C)(C)C)CC1. The number of para-hydroxylation sites is 1. The number of anilines is 1. The molecule has 1 saturated heterocycles. The Morgan fingerprint density at radius 3 is 2.47 bits per heavy atom. The minimum Gasteiger partial charge on any atom is -0.444 e. The van der Waals surface area contributed by atoms with Gasteiger partial charge in [0, 0.05) is 49.3 Å². The Balaban J connectivity index is 1.38. The second-order valence-corrected chi connectivity index (χ2v) is 11.2. The van der Waals surface area contributed by atoms with Crippen LogP contribution in [0, 0.1) is 0 Å². The van der Waals surface area contributed by atoms with Gasteiger partial charge in [0.15, 0.2) is 11.5 Å². The van der Waals surface area contributed by atoms with Crippen LogP contribution in [0.15, 0.2) is 35.1 Å². The highest BCUT2D eigenvalue weighted by Gasteiger charge is 2.30. The van der Waals surface area contributed by atoms with Crippen LogP contribution in [-0.4, -0.2) is 89.0 Å². The highest BCUT2D eigenvalue weighted by molar-refractivity contribution is 9.10. The van der Waals surface area contributed by atoms with E-state index in [2.05, 4.69) is 31.4 Å². The maximum atomic E-state index is 13.3. The molecule has 200 valence electrons. The molecule has 3 aromatic heterocycles. The first-order chi connectivity index (χ1) is 18.0. The molecule has 1 N–H and O–H groups in total. The molecular formula is C25H30BrN9O3. The molecule has 38 heavy (non-hydrogen) atoms. The molecule has 5 rings (SSSR count). The molecule has 0 radical (unpaired) electrons. The smallest absolute Gasteiger partial charge is 0.410 e. The molecule has 2 amide bonds. The Bertz CT molecular complexity index is 1520. The van der Waals surface area contributed by atoms with Gasteiger partial charge in [-0.2, -0.15) is 9.61 Å². The normalized spacial score (nSPS) is 15.2. The Labute approximate surface area is 228 Å². The zero-order valence-electron chi connectivity index (χ0n) is 22.0. The molecule has 1 unspecified atom stereocenters. The Kier molecular flexibility index (Phi) is 6.72. The number of piperazine rings is 1. The average molecular weight is 584 g/mol. The summed E-state index contributed by atoms with van der Waals surface area (Å²) in [6.07, 6.45) is 3.19. The molecule has 0 spiro atoms. The maximum absolute atomic E-state index is 13.3. The van der Waals surface area contributed by atoms with E-state index in [0.717, 1.165) is 15.4 Å². The lowest BCUT2D eigenvalue weighted by atomic mass is 10.2. The minimum atomic E-state index is -0.593. The van der Waals surface area contributed by atoms with Gasteiger partial charge in [-0.3, -0.25) is 9.48 Å². The summed E-state index contributed by atoms with van der Waals surface area (Å²) in [4.78, 5) is 38.7. The van der Waals surface area contributed by atoms with Crippen molar-refractivity contribution in [3.05, 3.63) is 35.1 Å². The number of benzene rings is 1. The van der Waals surface area contributed by atoms with Crippen LogP contribution in [0.5, 0.6) is 0 Å². The zero-order chi connectivity index (χ0) is 27.2. The van der Waals surface area contributed by atoms with Crippen LogP contribution >= 0.6 is 15.9 Å². The fourth-order valence-electron chi connectivity index (χ4n) is 4.31. The number of carbonyl (C=O) groups excluding carboxylic acids is 2. The number of aryl methyl sites for hydroxylation is 1. The highest BCUT2D eigenvalue weighted by atomic mass is 79.9. The first-order valence-corrected chi connectivity index (χ1v) is 13.2. The molecule has 1 atom stereocenters. The predicted octanol–water partition coefficient (Wildman–Crippen LogP) is 3.32. The van der Waals surface area contributed by atoms with Crippen molar-refractivity contribution in [1.82, 2.24) is 39.2 Å². The number of amides is 2. The van der Waals surface area contributed by atoms with Gasteiger partial charge in [0.05, 0.1) is 17.3 Å². The molecule has 1 fully saturated rings. The van der Waals surface area contributed by atoms with Crippen molar-refractivity contribution in [2.24, 2.45) is 7.05 Å². The van der Waals surface area contributed by atoms with Crippen molar-refractivity contribution < 1.29 is 14.3 Å². The molecule has 12 nitrogen and oxygen atoms in total. The van der Waals surface area contributed by atoms with E-state index in [1.165, 1.54) is 0 Å². The van der Waals surface area contributed by atoms with Crippen molar-refractivity contribution in [3.63, 3.8) is 0 Å². The first-order valence-electron chi connectivity index (χ1n) is 12.4. The van der Waals surface area contributed by atoms with E-state index in [1.807, 2.05) is 52.2 Å². The van der Waals surface area contributed by atoms with Crippen molar-refractivity contribution in [1.29, 1.82) is 0 Å². The van der Waals surface area contributed by atoms with Gasteiger partial charge >= 0.3 is 6.09 Å². The number of rotatable bonds is 4. The molecule has 1 aliphatic rings. The molecule has 1 aliphatic heterocycles. The second-order valence-electron chi connectivity index (χ2n) is 10.3. The highest BCUT2D eigenvalue weighted by Crippen LogP contribution is 2.29. The number of nitrogens with zero attached hydrogens (tertiary/aromatic N) is 8. The van der Waals surface area contributed by atoms with Gasteiger partial charge < -0.3 is 19.9 Å². The second kappa shape index (κ2) is 9.86. The number of carbonyl (C=O) groups is 2. The van der Waals surface area contributed by atoms with E-state index in [0.29, 0.717) is 49.1 Å². The van der Waals surface area contributed by atoms with Crippen LogP contribution in [0.1, 0.15) is 27.7 Å². The third-order valence-electron chi connectivity index (χ3n) is 6.18. The maximum Gasteiger partial charge on any atom is 0.410 e. The van der Waals surface area contributed by atoms with Crippen LogP contribution in [0.2, 0.25) is 0 Å². The number of hydrogen-bond donors (Lipinski definition) is 1. The quantitative estimate of drug-likeness (QED) is 0.388. The Morgan fingerprint density at radius 1 is 1.11 bits per heavy atom. The van der Waals surface area contributed by atoms with Gasteiger partial charge in [-0.05, 0) is 55.8 Å². The number of ether oxygens (including phenoxy) is 1. The summed E-state index contributed by atoms with van der Waals surface area (Å²) in [6, 6.07) is 5.17. The van der Waals surface area contributed by atoms with Gasteiger partial charge in [0.1, 0.15) is 11.6 Å². The number of aromatic nitrogens is 6. The topological polar surface area (TPSA) is 123 Å². The Hall–Kier alpha value is -3.74. The molecule has 0 aliphatic carbocycles. The monoisotopic (exact) mass is 583 g/mol. The lowest BCUT2D eigenvalue weighted by Crippen LogP contribution is -2.54. The number of fused-ring (bicyclic) bond motifs is 3. The fourth-order valence-corrected chi connectivity index (χ4v) is 4.77. The Morgan fingerprint density at radius 2 is 1.82 bits per heavy atom. The van der Waals surface area contributed by atoms with E-state index < -0.39 is 11.6 Å². The van der Waals surface area contributed by atoms with E-state index in [4.69, 9.17) is 14.7 Å². The number of nitrogens with one attached hydrogen (secondary N) is 1. The number of halogens is 1. The average Bonchev–Trinajstić information content (AvgIpc) is 3.50. The van der Waals surface area contributed by atoms with Gasteiger partial charge in [-0.25, -0.2) is 14.8 Å². The van der Waals surface area contributed by atoms with Crippen molar-refractivity contribution in [2.75, 3.05) is 31.5 Å². The first kappa shape index (κ1) is 25.9. The molecule has 1 aromatic carbocycles. The lowest BCUT2D eigenvalue weighted by Gasteiger charge is -2.36.